The van der Waals surface area contributed by atoms with Crippen molar-refractivity contribution >= 4 is 11.9 Å². The van der Waals surface area contributed by atoms with E-state index in [0.717, 1.165) is 6.42 Å². The number of carbonyl (C=O) groups excluding carboxylic acids is 2. The van der Waals surface area contributed by atoms with Crippen molar-refractivity contribution in [3.05, 3.63) is 108 Å². The first kappa shape index (κ1) is 21.9. The maximum Gasteiger partial charge on any atom is 0.338 e. The number of rotatable bonds is 9. The van der Waals surface area contributed by atoms with Crippen molar-refractivity contribution in [2.75, 3.05) is 13.2 Å². The van der Waals surface area contributed by atoms with Gasteiger partial charge in [0.1, 0.15) is 6.33 Å². The molecule has 8 heteroatoms. The maximum absolute atomic E-state index is 12.4. The number of esters is 1. The van der Waals surface area contributed by atoms with Gasteiger partial charge in [0.25, 0.3) is 5.91 Å². The van der Waals surface area contributed by atoms with E-state index in [9.17, 15) is 9.59 Å². The van der Waals surface area contributed by atoms with E-state index < -0.39 is 5.97 Å². The van der Waals surface area contributed by atoms with Crippen LogP contribution in [0.25, 0.3) is 5.69 Å². The molecule has 0 unspecified atom stereocenters. The van der Waals surface area contributed by atoms with E-state index in [1.807, 2.05) is 36.4 Å². The number of hydrogen-bond donors (Lipinski definition) is 1. The Kier molecular flexibility index (Phi) is 7.17. The van der Waals surface area contributed by atoms with Crippen molar-refractivity contribution in [3.63, 3.8) is 0 Å². The second-order valence-corrected chi connectivity index (χ2v) is 7.39. The number of nitrogens with one attached hydrogen (secondary N) is 1. The van der Waals surface area contributed by atoms with Gasteiger partial charge in [0.15, 0.2) is 6.61 Å². The third-order valence-electron chi connectivity index (χ3n) is 5.19. The molecule has 8 nitrogen and oxygen atoms in total. The Morgan fingerprint density at radius 2 is 1.61 bits per heavy atom. The van der Waals surface area contributed by atoms with Gasteiger partial charge in [-0.3, -0.25) is 4.79 Å². The van der Waals surface area contributed by atoms with Crippen molar-refractivity contribution in [2.45, 2.75) is 12.3 Å². The number of amides is 1. The van der Waals surface area contributed by atoms with E-state index in [2.05, 4.69) is 45.1 Å². The Balaban J connectivity index is 1.29. The summed E-state index contributed by atoms with van der Waals surface area (Å²) in [4.78, 5) is 24.6. The highest BCUT2D eigenvalue weighted by Gasteiger charge is 2.15. The van der Waals surface area contributed by atoms with Crippen LogP contribution in [0.2, 0.25) is 0 Å². The highest BCUT2D eigenvalue weighted by Crippen LogP contribution is 2.27. The molecule has 0 spiro atoms. The van der Waals surface area contributed by atoms with Gasteiger partial charge >= 0.3 is 5.97 Å². The molecule has 1 heterocycles. The van der Waals surface area contributed by atoms with Crippen LogP contribution in [-0.2, 0) is 9.53 Å². The van der Waals surface area contributed by atoms with Crippen LogP contribution >= 0.6 is 0 Å². The fourth-order valence-corrected chi connectivity index (χ4v) is 3.57. The van der Waals surface area contributed by atoms with E-state index in [1.165, 1.54) is 22.1 Å². The SMILES string of the molecule is O=C(COC(=O)c1cccc(-n2cnnn2)c1)NCCC(c1ccccc1)c1ccccc1. The van der Waals surface area contributed by atoms with Gasteiger partial charge in [-0.2, -0.15) is 0 Å². The van der Waals surface area contributed by atoms with Gasteiger partial charge in [-0.15, -0.1) is 5.10 Å². The van der Waals surface area contributed by atoms with Gasteiger partial charge in [0, 0.05) is 12.5 Å². The minimum absolute atomic E-state index is 0.157. The topological polar surface area (TPSA) is 99.0 Å². The van der Waals surface area contributed by atoms with Gasteiger partial charge in [-0.1, -0.05) is 66.7 Å². The molecular formula is C25H23N5O3. The van der Waals surface area contributed by atoms with Gasteiger partial charge in [0.05, 0.1) is 11.3 Å². The highest BCUT2D eigenvalue weighted by atomic mass is 16.5. The van der Waals surface area contributed by atoms with Crippen LogP contribution in [-0.4, -0.2) is 45.2 Å². The largest absolute Gasteiger partial charge is 0.452 e. The zero-order valence-corrected chi connectivity index (χ0v) is 17.9. The number of carbonyl (C=O) groups is 2. The van der Waals surface area contributed by atoms with Crippen LogP contribution in [0.15, 0.2) is 91.3 Å². The average molecular weight is 441 g/mol. The summed E-state index contributed by atoms with van der Waals surface area (Å²) >= 11 is 0. The van der Waals surface area contributed by atoms with Crippen LogP contribution in [0.5, 0.6) is 0 Å². The number of ether oxygens (including phenoxy) is 1. The third kappa shape index (κ3) is 5.88. The van der Waals surface area contributed by atoms with E-state index in [-0.39, 0.29) is 18.4 Å². The summed E-state index contributed by atoms with van der Waals surface area (Å²) in [5.41, 5.74) is 3.30. The molecule has 0 atom stereocenters. The summed E-state index contributed by atoms with van der Waals surface area (Å²) < 4.78 is 6.61. The fourth-order valence-electron chi connectivity index (χ4n) is 3.57. The van der Waals surface area contributed by atoms with Crippen molar-refractivity contribution in [2.24, 2.45) is 0 Å². The van der Waals surface area contributed by atoms with E-state index in [4.69, 9.17) is 4.74 Å². The Hall–Kier alpha value is -4.33. The van der Waals surface area contributed by atoms with Gasteiger partial charge in [-0.05, 0) is 46.2 Å². The molecule has 0 aliphatic carbocycles. The third-order valence-corrected chi connectivity index (χ3v) is 5.19. The van der Waals surface area contributed by atoms with E-state index in [1.54, 1.807) is 24.3 Å². The van der Waals surface area contributed by atoms with Crippen LogP contribution in [0, 0.1) is 0 Å². The summed E-state index contributed by atoms with van der Waals surface area (Å²) in [6.07, 6.45) is 2.15. The number of hydrogen-bond acceptors (Lipinski definition) is 6. The Labute approximate surface area is 191 Å². The highest BCUT2D eigenvalue weighted by molar-refractivity contribution is 5.91. The molecule has 0 aliphatic heterocycles. The van der Waals surface area contributed by atoms with Crippen LogP contribution < -0.4 is 5.32 Å². The molecule has 0 saturated heterocycles. The smallest absolute Gasteiger partial charge is 0.338 e. The van der Waals surface area contributed by atoms with Crippen molar-refractivity contribution in [3.8, 4) is 5.69 Å². The average Bonchev–Trinajstić information content (AvgIpc) is 3.41. The summed E-state index contributed by atoms with van der Waals surface area (Å²) in [6, 6.07) is 27.0. The minimum Gasteiger partial charge on any atom is -0.452 e. The van der Waals surface area contributed by atoms with E-state index in [0.29, 0.717) is 17.8 Å². The molecule has 3 aromatic carbocycles. The molecule has 166 valence electrons. The van der Waals surface area contributed by atoms with Gasteiger partial charge < -0.3 is 10.1 Å². The summed E-state index contributed by atoms with van der Waals surface area (Å²) in [5.74, 6) is -0.782. The Morgan fingerprint density at radius 1 is 0.909 bits per heavy atom. The molecule has 0 aliphatic rings. The number of aromatic nitrogens is 4. The number of tetrazole rings is 1. The number of nitrogens with zero attached hydrogens (tertiary/aromatic N) is 4. The lowest BCUT2D eigenvalue weighted by molar-refractivity contribution is -0.124. The molecule has 4 rings (SSSR count). The van der Waals surface area contributed by atoms with Crippen LogP contribution in [0.1, 0.15) is 33.8 Å². The molecule has 0 bridgehead atoms. The Morgan fingerprint density at radius 3 is 2.24 bits per heavy atom. The standard InChI is InChI=1S/C25H23N5O3/c31-24(17-33-25(32)21-12-7-13-22(16-21)30-18-27-28-29-30)26-15-14-23(19-8-3-1-4-9-19)20-10-5-2-6-11-20/h1-13,16,18,23H,14-15,17H2,(H,26,31). The minimum atomic E-state index is -0.591. The maximum atomic E-state index is 12.4. The normalized spacial score (nSPS) is 10.7. The molecule has 33 heavy (non-hydrogen) atoms. The fraction of sp³-hybridized carbons (Fsp3) is 0.160. The summed E-state index contributed by atoms with van der Waals surface area (Å²) in [6.45, 7) is 0.106. The molecule has 0 radical (unpaired) electrons. The summed E-state index contributed by atoms with van der Waals surface area (Å²) in [7, 11) is 0. The molecule has 1 N–H and O–H groups in total. The van der Waals surface area contributed by atoms with Crippen molar-refractivity contribution < 1.29 is 14.3 Å². The second kappa shape index (κ2) is 10.8. The zero-order chi connectivity index (χ0) is 22.9. The molecule has 4 aromatic rings. The van der Waals surface area contributed by atoms with Gasteiger partial charge in [0.2, 0.25) is 0 Å². The number of benzene rings is 3. The molecular weight excluding hydrogens is 418 g/mol. The predicted molar refractivity (Wildman–Crippen MR) is 122 cm³/mol. The monoisotopic (exact) mass is 441 g/mol. The molecule has 1 aromatic heterocycles. The van der Waals surface area contributed by atoms with E-state index >= 15 is 0 Å². The first-order chi connectivity index (χ1) is 16.2. The second-order valence-electron chi connectivity index (χ2n) is 7.39. The van der Waals surface area contributed by atoms with Crippen LogP contribution in [0.4, 0.5) is 0 Å². The lowest BCUT2D eigenvalue weighted by Gasteiger charge is -2.18. The first-order valence-electron chi connectivity index (χ1n) is 10.6. The van der Waals surface area contributed by atoms with Crippen LogP contribution in [0.3, 0.4) is 0 Å². The molecule has 0 saturated carbocycles. The van der Waals surface area contributed by atoms with Gasteiger partial charge in [-0.25, -0.2) is 9.48 Å². The lowest BCUT2D eigenvalue weighted by atomic mass is 9.88. The first-order valence-corrected chi connectivity index (χ1v) is 10.6. The summed E-state index contributed by atoms with van der Waals surface area (Å²) in [5, 5.41) is 13.8. The predicted octanol–water partition coefficient (Wildman–Crippen LogP) is 3.16. The molecule has 1 amide bonds. The van der Waals surface area contributed by atoms with Crippen molar-refractivity contribution in [1.82, 2.24) is 25.5 Å². The zero-order valence-electron chi connectivity index (χ0n) is 17.9. The van der Waals surface area contributed by atoms with Crippen molar-refractivity contribution in [1.29, 1.82) is 0 Å². The lowest BCUT2D eigenvalue weighted by Crippen LogP contribution is -2.30. The quantitative estimate of drug-likeness (QED) is 0.401. The molecule has 0 fully saturated rings. The Bertz CT molecular complexity index is 1140.